The number of aromatic nitrogens is 2. The number of aliphatic hydroxyl groups is 1. The molecule has 5 nitrogen and oxygen atoms in total. The number of halogens is 3. The van der Waals surface area contributed by atoms with E-state index in [1.165, 1.54) is 6.07 Å². The Bertz CT molecular complexity index is 764. The van der Waals surface area contributed by atoms with E-state index in [1.807, 2.05) is 6.92 Å². The van der Waals surface area contributed by atoms with E-state index in [1.54, 1.807) is 13.8 Å². The fraction of sp³-hybridized carbons (Fsp3) is 0.412. The Labute approximate surface area is 143 Å². The van der Waals surface area contributed by atoms with Crippen LogP contribution >= 0.6 is 0 Å². The molecule has 0 radical (unpaired) electrons. The topological polar surface area (TPSA) is 78.3 Å². The molecule has 0 aliphatic heterocycles. The van der Waals surface area contributed by atoms with E-state index >= 15 is 0 Å². The highest BCUT2D eigenvalue weighted by Gasteiger charge is 2.31. The van der Waals surface area contributed by atoms with Crippen LogP contribution < -0.4 is 5.32 Å². The van der Waals surface area contributed by atoms with Crippen LogP contribution in [0.2, 0.25) is 0 Å². The maximum Gasteiger partial charge on any atom is 0.416 e. The summed E-state index contributed by atoms with van der Waals surface area (Å²) in [4.78, 5) is 0. The summed E-state index contributed by atoms with van der Waals surface area (Å²) in [7, 11) is 0. The zero-order valence-electron chi connectivity index (χ0n) is 14.1. The highest BCUT2D eigenvalue weighted by Crippen LogP contribution is 2.37. The number of alkyl halides is 3. The second-order valence-corrected chi connectivity index (χ2v) is 6.05. The first-order valence-corrected chi connectivity index (χ1v) is 7.74. The second-order valence-electron chi connectivity index (χ2n) is 6.05. The van der Waals surface area contributed by atoms with E-state index in [0.29, 0.717) is 29.7 Å². The molecule has 25 heavy (non-hydrogen) atoms. The summed E-state index contributed by atoms with van der Waals surface area (Å²) in [5.41, 5.74) is 1.06. The lowest BCUT2D eigenvalue weighted by atomic mass is 10.0. The van der Waals surface area contributed by atoms with Gasteiger partial charge in [0.1, 0.15) is 5.75 Å². The number of nitrogens with one attached hydrogen (secondary N) is 1. The Kier molecular flexibility index (Phi) is 5.52. The SMILES string of the molecule is Cc1c(NCC(C)CO)nnc(-c2ccc(C(F)(F)F)cc2O)c1C. The van der Waals surface area contributed by atoms with E-state index in [2.05, 4.69) is 15.5 Å². The van der Waals surface area contributed by atoms with Crippen LogP contribution in [0.1, 0.15) is 23.6 Å². The molecule has 0 amide bonds. The molecule has 0 fully saturated rings. The molecule has 1 atom stereocenters. The molecule has 136 valence electrons. The lowest BCUT2D eigenvalue weighted by molar-refractivity contribution is -0.137. The third-order valence-electron chi connectivity index (χ3n) is 4.03. The minimum atomic E-state index is -4.52. The highest BCUT2D eigenvalue weighted by atomic mass is 19.4. The van der Waals surface area contributed by atoms with Crippen LogP contribution in [0, 0.1) is 19.8 Å². The monoisotopic (exact) mass is 355 g/mol. The molecule has 8 heteroatoms. The fourth-order valence-corrected chi connectivity index (χ4v) is 2.27. The minimum absolute atomic E-state index is 0.0377. The van der Waals surface area contributed by atoms with Crippen LogP contribution in [0.3, 0.4) is 0 Å². The number of benzene rings is 1. The standard InChI is InChI=1S/C17H20F3N3O2/c1-9(8-24)7-21-16-11(3)10(2)15(22-23-16)13-5-4-12(6-14(13)25)17(18,19)20/h4-6,9,24-25H,7-8H2,1-3H3,(H,21,23). The van der Waals surface area contributed by atoms with Gasteiger partial charge in [-0.25, -0.2) is 0 Å². The van der Waals surface area contributed by atoms with E-state index in [9.17, 15) is 18.3 Å². The van der Waals surface area contributed by atoms with Crippen molar-refractivity contribution in [2.24, 2.45) is 5.92 Å². The van der Waals surface area contributed by atoms with Crippen molar-refractivity contribution in [2.75, 3.05) is 18.5 Å². The highest BCUT2D eigenvalue weighted by molar-refractivity contribution is 5.72. The first-order chi connectivity index (χ1) is 11.6. The van der Waals surface area contributed by atoms with Crippen molar-refractivity contribution in [1.29, 1.82) is 0 Å². The Morgan fingerprint density at radius 2 is 1.84 bits per heavy atom. The van der Waals surface area contributed by atoms with Gasteiger partial charge in [0.2, 0.25) is 0 Å². The Morgan fingerprint density at radius 3 is 2.40 bits per heavy atom. The predicted octanol–water partition coefficient (Wildman–Crippen LogP) is 3.53. The average Bonchev–Trinajstić information content (AvgIpc) is 2.55. The van der Waals surface area contributed by atoms with Crippen LogP contribution in [0.15, 0.2) is 18.2 Å². The number of phenols is 1. The molecular weight excluding hydrogens is 335 g/mol. The van der Waals surface area contributed by atoms with Crippen molar-refractivity contribution >= 4 is 5.82 Å². The summed E-state index contributed by atoms with van der Waals surface area (Å²) in [5, 5.41) is 30.2. The van der Waals surface area contributed by atoms with E-state index in [-0.39, 0.29) is 18.1 Å². The predicted molar refractivity (Wildman–Crippen MR) is 88.3 cm³/mol. The van der Waals surface area contributed by atoms with Crippen LogP contribution in [-0.2, 0) is 6.18 Å². The molecule has 0 aliphatic rings. The molecule has 2 aromatic rings. The lowest BCUT2D eigenvalue weighted by Crippen LogP contribution is -2.16. The van der Waals surface area contributed by atoms with E-state index in [0.717, 1.165) is 11.6 Å². The summed E-state index contributed by atoms with van der Waals surface area (Å²) in [6, 6.07) is 2.77. The maximum atomic E-state index is 12.7. The van der Waals surface area contributed by atoms with Gasteiger partial charge in [0.25, 0.3) is 0 Å². The molecule has 0 saturated heterocycles. The number of aliphatic hydroxyl groups excluding tert-OH is 1. The van der Waals surface area contributed by atoms with Gasteiger partial charge in [-0.2, -0.15) is 13.2 Å². The maximum absolute atomic E-state index is 12.7. The number of aromatic hydroxyl groups is 1. The number of hydrogen-bond acceptors (Lipinski definition) is 5. The Morgan fingerprint density at radius 1 is 1.16 bits per heavy atom. The number of phenolic OH excluding ortho intramolecular Hbond substituents is 1. The average molecular weight is 355 g/mol. The van der Waals surface area contributed by atoms with Crippen molar-refractivity contribution in [1.82, 2.24) is 10.2 Å². The van der Waals surface area contributed by atoms with Crippen LogP contribution in [0.5, 0.6) is 5.75 Å². The van der Waals surface area contributed by atoms with Crippen molar-refractivity contribution in [3.05, 3.63) is 34.9 Å². The molecule has 0 bridgehead atoms. The normalized spacial score (nSPS) is 12.9. The van der Waals surface area contributed by atoms with Crippen LogP contribution in [0.4, 0.5) is 19.0 Å². The molecule has 0 aliphatic carbocycles. The Hall–Kier alpha value is -2.35. The number of nitrogens with zero attached hydrogens (tertiary/aromatic N) is 2. The lowest BCUT2D eigenvalue weighted by Gasteiger charge is -2.16. The molecule has 1 aromatic carbocycles. The van der Waals surface area contributed by atoms with E-state index in [4.69, 9.17) is 5.11 Å². The minimum Gasteiger partial charge on any atom is -0.507 e. The van der Waals surface area contributed by atoms with Crippen molar-refractivity contribution in [3.8, 4) is 17.0 Å². The van der Waals surface area contributed by atoms with Gasteiger partial charge in [0.05, 0.1) is 11.3 Å². The summed E-state index contributed by atoms with van der Waals surface area (Å²) >= 11 is 0. The third-order valence-corrected chi connectivity index (χ3v) is 4.03. The molecule has 3 N–H and O–H groups in total. The quantitative estimate of drug-likeness (QED) is 0.765. The summed E-state index contributed by atoms with van der Waals surface area (Å²) in [6.07, 6.45) is -4.52. The van der Waals surface area contributed by atoms with Gasteiger partial charge >= 0.3 is 6.18 Å². The number of anilines is 1. The van der Waals surface area contributed by atoms with Gasteiger partial charge in [-0.1, -0.05) is 6.92 Å². The van der Waals surface area contributed by atoms with Crippen molar-refractivity contribution < 1.29 is 23.4 Å². The third kappa shape index (κ3) is 4.19. The van der Waals surface area contributed by atoms with Gasteiger partial charge in [-0.15, -0.1) is 10.2 Å². The second kappa shape index (κ2) is 7.26. The Balaban J connectivity index is 2.36. The molecule has 0 spiro atoms. The van der Waals surface area contributed by atoms with Gasteiger partial charge in [0.15, 0.2) is 5.82 Å². The van der Waals surface area contributed by atoms with Gasteiger partial charge in [-0.3, -0.25) is 0 Å². The first-order valence-electron chi connectivity index (χ1n) is 7.74. The number of hydrogen-bond donors (Lipinski definition) is 3. The van der Waals surface area contributed by atoms with Crippen molar-refractivity contribution in [3.63, 3.8) is 0 Å². The summed E-state index contributed by atoms with van der Waals surface area (Å²) < 4.78 is 38.1. The smallest absolute Gasteiger partial charge is 0.416 e. The number of rotatable bonds is 5. The van der Waals surface area contributed by atoms with E-state index < -0.39 is 17.5 Å². The molecule has 1 aromatic heterocycles. The van der Waals surface area contributed by atoms with Crippen molar-refractivity contribution in [2.45, 2.75) is 26.9 Å². The largest absolute Gasteiger partial charge is 0.507 e. The molecule has 1 unspecified atom stereocenters. The van der Waals surface area contributed by atoms with Crippen LogP contribution in [-0.4, -0.2) is 33.6 Å². The zero-order chi connectivity index (χ0) is 18.8. The summed E-state index contributed by atoms with van der Waals surface area (Å²) in [5.74, 6) is 0.0781. The van der Waals surface area contributed by atoms with Gasteiger partial charge in [-0.05, 0) is 49.1 Å². The van der Waals surface area contributed by atoms with Crippen LogP contribution in [0.25, 0.3) is 11.3 Å². The molecule has 2 rings (SSSR count). The fourth-order valence-electron chi connectivity index (χ4n) is 2.27. The van der Waals surface area contributed by atoms with Gasteiger partial charge in [0, 0.05) is 18.7 Å². The van der Waals surface area contributed by atoms with Gasteiger partial charge < -0.3 is 15.5 Å². The zero-order valence-corrected chi connectivity index (χ0v) is 14.1. The molecule has 0 saturated carbocycles. The molecule has 1 heterocycles. The first kappa shape index (κ1) is 19.0. The molecular formula is C17H20F3N3O2. The summed E-state index contributed by atoms with van der Waals surface area (Å²) in [6.45, 7) is 5.99.